The van der Waals surface area contributed by atoms with E-state index in [9.17, 15) is 13.2 Å². The van der Waals surface area contributed by atoms with E-state index in [1.54, 1.807) is 45.2 Å². The summed E-state index contributed by atoms with van der Waals surface area (Å²) in [5.74, 6) is 1.06. The lowest BCUT2D eigenvalue weighted by atomic mass is 10.2. The van der Waals surface area contributed by atoms with Crippen molar-refractivity contribution in [3.8, 4) is 23.0 Å². The molecule has 0 fully saturated rings. The molecule has 0 spiro atoms. The molecule has 3 aromatic heterocycles. The molecule has 2 N–H and O–H groups in total. The average molecular weight is 527 g/mol. The number of ether oxygens (including phenoxy) is 2. The van der Waals surface area contributed by atoms with Crippen molar-refractivity contribution in [2.24, 2.45) is 0 Å². The Morgan fingerprint density at radius 1 is 1.08 bits per heavy atom. The third-order valence-corrected chi connectivity index (χ3v) is 5.54. The molecule has 0 saturated heterocycles. The lowest BCUT2D eigenvalue weighted by molar-refractivity contribution is -0.141. The van der Waals surface area contributed by atoms with Crippen molar-refractivity contribution < 1.29 is 22.6 Å². The minimum Gasteiger partial charge on any atom is -0.475 e. The maximum Gasteiger partial charge on any atom is 0.435 e. The van der Waals surface area contributed by atoms with E-state index in [1.807, 2.05) is 0 Å². The number of hydrogen-bond acceptors (Lipinski definition) is 9. The summed E-state index contributed by atoms with van der Waals surface area (Å²) < 4.78 is 51.0. The highest BCUT2D eigenvalue weighted by atomic mass is 19.4. The summed E-state index contributed by atoms with van der Waals surface area (Å²) in [6.45, 7) is 4.36. The van der Waals surface area contributed by atoms with E-state index in [4.69, 9.17) is 14.9 Å². The van der Waals surface area contributed by atoms with Crippen LogP contribution in [0.5, 0.6) is 5.88 Å². The third kappa shape index (κ3) is 5.94. The molecule has 0 radical (unpaired) electrons. The predicted molar refractivity (Wildman–Crippen MR) is 134 cm³/mol. The number of anilines is 1. The first-order valence-electron chi connectivity index (χ1n) is 11.5. The fourth-order valence-corrected chi connectivity index (χ4v) is 3.61. The molecule has 0 atom stereocenters. The summed E-state index contributed by atoms with van der Waals surface area (Å²) in [6.07, 6.45) is -0.461. The van der Waals surface area contributed by atoms with Gasteiger partial charge in [0.25, 0.3) is 0 Å². The normalized spacial score (nSPS) is 11.4. The van der Waals surface area contributed by atoms with Crippen LogP contribution in [0.4, 0.5) is 19.0 Å². The van der Waals surface area contributed by atoms with Gasteiger partial charge in [0, 0.05) is 31.8 Å². The molecule has 0 aliphatic rings. The monoisotopic (exact) mass is 526 g/mol. The van der Waals surface area contributed by atoms with Gasteiger partial charge in [-0.15, -0.1) is 0 Å². The van der Waals surface area contributed by atoms with Crippen LogP contribution in [-0.2, 0) is 17.5 Å². The molecule has 0 unspecified atom stereocenters. The van der Waals surface area contributed by atoms with Gasteiger partial charge in [-0.1, -0.05) is 12.1 Å². The molecule has 0 aliphatic heterocycles. The molecule has 0 bridgehead atoms. The van der Waals surface area contributed by atoms with Gasteiger partial charge in [0.15, 0.2) is 11.5 Å². The van der Waals surface area contributed by atoms with E-state index in [2.05, 4.69) is 30.4 Å². The van der Waals surface area contributed by atoms with Gasteiger partial charge in [0.1, 0.15) is 24.3 Å². The Labute approximate surface area is 216 Å². The van der Waals surface area contributed by atoms with Crippen molar-refractivity contribution >= 4 is 12.0 Å². The molecule has 198 valence electrons. The van der Waals surface area contributed by atoms with Gasteiger partial charge in [-0.2, -0.15) is 18.3 Å². The summed E-state index contributed by atoms with van der Waals surface area (Å²) in [5, 5.41) is 14.6. The largest absolute Gasteiger partial charge is 0.475 e. The number of methoxy groups -OCH3 is 1. The Morgan fingerprint density at radius 2 is 1.84 bits per heavy atom. The molecule has 4 aromatic rings. The van der Waals surface area contributed by atoms with Crippen molar-refractivity contribution in [3.05, 3.63) is 71.1 Å². The molecule has 13 heteroatoms. The maximum atomic E-state index is 13.0. The number of alkyl halides is 3. The standard InChI is InChI=1S/C25H25F3N8O2/c1-15-10-20(25(26,27)28)35-36(15)19-6-4-17(5-7-19)12-30-22-18(11-29)13-31-23(34-22)21-16(2)32-14-33-24(21)38-9-8-37-3/h4-7,10-11,13-14,29H,8-9,12H2,1-3H3,(H,30,31,34). The number of hydrogen-bond donors (Lipinski definition) is 2. The predicted octanol–water partition coefficient (Wildman–Crippen LogP) is 4.39. The van der Waals surface area contributed by atoms with Crippen molar-refractivity contribution in [2.75, 3.05) is 25.6 Å². The fourth-order valence-electron chi connectivity index (χ4n) is 3.61. The van der Waals surface area contributed by atoms with Crippen LogP contribution in [0.3, 0.4) is 0 Å². The highest BCUT2D eigenvalue weighted by Crippen LogP contribution is 2.30. The van der Waals surface area contributed by atoms with E-state index in [0.29, 0.717) is 58.9 Å². The zero-order valence-corrected chi connectivity index (χ0v) is 20.9. The van der Waals surface area contributed by atoms with Crippen molar-refractivity contribution in [3.63, 3.8) is 0 Å². The van der Waals surface area contributed by atoms with Crippen LogP contribution in [0.2, 0.25) is 0 Å². The molecule has 0 aliphatic carbocycles. The van der Waals surface area contributed by atoms with Crippen molar-refractivity contribution in [1.29, 1.82) is 5.41 Å². The van der Waals surface area contributed by atoms with Crippen molar-refractivity contribution in [1.82, 2.24) is 29.7 Å². The number of aryl methyl sites for hydroxylation is 2. The summed E-state index contributed by atoms with van der Waals surface area (Å²) in [7, 11) is 1.57. The van der Waals surface area contributed by atoms with Gasteiger partial charge >= 0.3 is 6.18 Å². The molecule has 4 rings (SSSR count). The van der Waals surface area contributed by atoms with Crippen LogP contribution in [0.25, 0.3) is 17.1 Å². The lowest BCUT2D eigenvalue weighted by Gasteiger charge is -2.13. The summed E-state index contributed by atoms with van der Waals surface area (Å²) >= 11 is 0. The van der Waals surface area contributed by atoms with Crippen LogP contribution in [0, 0.1) is 19.3 Å². The number of rotatable bonds is 10. The molecule has 3 heterocycles. The zero-order valence-electron chi connectivity index (χ0n) is 20.9. The third-order valence-electron chi connectivity index (χ3n) is 5.54. The van der Waals surface area contributed by atoms with Crippen LogP contribution in [0.15, 0.2) is 42.9 Å². The van der Waals surface area contributed by atoms with Gasteiger partial charge in [-0.25, -0.2) is 24.6 Å². The highest BCUT2D eigenvalue weighted by Gasteiger charge is 2.34. The molecule has 0 amide bonds. The molecule has 10 nitrogen and oxygen atoms in total. The first-order valence-corrected chi connectivity index (χ1v) is 11.5. The zero-order chi connectivity index (χ0) is 27.3. The quantitative estimate of drug-likeness (QED) is 0.230. The maximum absolute atomic E-state index is 13.0. The second-order valence-corrected chi connectivity index (χ2v) is 8.22. The van der Waals surface area contributed by atoms with Gasteiger partial charge in [-0.3, -0.25) is 0 Å². The molecule has 0 saturated carbocycles. The first-order chi connectivity index (χ1) is 18.2. The van der Waals surface area contributed by atoms with Crippen molar-refractivity contribution in [2.45, 2.75) is 26.6 Å². The Balaban J connectivity index is 1.54. The average Bonchev–Trinajstić information content (AvgIpc) is 3.30. The van der Waals surface area contributed by atoms with Crippen LogP contribution in [0.1, 0.15) is 28.2 Å². The Hall–Kier alpha value is -4.39. The molecule has 1 aromatic carbocycles. The number of halogens is 3. The molecule has 38 heavy (non-hydrogen) atoms. The van der Waals surface area contributed by atoms with Gasteiger partial charge in [0.2, 0.25) is 5.88 Å². The number of benzene rings is 1. The van der Waals surface area contributed by atoms with E-state index >= 15 is 0 Å². The molecular formula is C25H25F3N8O2. The van der Waals surface area contributed by atoms with E-state index < -0.39 is 11.9 Å². The smallest absolute Gasteiger partial charge is 0.435 e. The van der Waals surface area contributed by atoms with E-state index in [0.717, 1.165) is 17.8 Å². The van der Waals surface area contributed by atoms with Gasteiger partial charge in [0.05, 0.1) is 23.6 Å². The topological polar surface area (TPSA) is 124 Å². The Kier molecular flexibility index (Phi) is 7.96. The second kappa shape index (κ2) is 11.3. The number of aromatic nitrogens is 6. The Morgan fingerprint density at radius 3 is 2.50 bits per heavy atom. The Bertz CT molecular complexity index is 1420. The minimum atomic E-state index is -4.51. The van der Waals surface area contributed by atoms with E-state index in [-0.39, 0.29) is 6.61 Å². The molecular weight excluding hydrogens is 501 g/mol. The first kappa shape index (κ1) is 26.7. The summed E-state index contributed by atoms with van der Waals surface area (Å²) in [5.41, 5.74) is 2.40. The second-order valence-electron chi connectivity index (χ2n) is 8.22. The van der Waals surface area contributed by atoms with Crippen LogP contribution < -0.4 is 10.1 Å². The van der Waals surface area contributed by atoms with Crippen LogP contribution >= 0.6 is 0 Å². The van der Waals surface area contributed by atoms with Gasteiger partial charge < -0.3 is 20.2 Å². The SMILES string of the molecule is COCCOc1ncnc(C)c1-c1ncc(C=N)c(NCc2ccc(-n3nc(C(F)(F)F)cc3C)cc2)n1. The summed E-state index contributed by atoms with van der Waals surface area (Å²) in [6, 6.07) is 7.94. The highest BCUT2D eigenvalue weighted by molar-refractivity contribution is 5.84. The number of nitrogens with one attached hydrogen (secondary N) is 2. The summed E-state index contributed by atoms with van der Waals surface area (Å²) in [4.78, 5) is 17.4. The van der Waals surface area contributed by atoms with Gasteiger partial charge in [-0.05, 0) is 37.6 Å². The fraction of sp³-hybridized carbons (Fsp3) is 0.280. The van der Waals surface area contributed by atoms with E-state index in [1.165, 1.54) is 17.2 Å². The number of nitrogens with zero attached hydrogens (tertiary/aromatic N) is 6. The minimum absolute atomic E-state index is 0.287. The lowest BCUT2D eigenvalue weighted by Crippen LogP contribution is -2.10. The van der Waals surface area contributed by atoms with Crippen LogP contribution in [-0.4, -0.2) is 56.3 Å².